The third-order valence-corrected chi connectivity index (χ3v) is 6.90. The Bertz CT molecular complexity index is 1250. The molecule has 162 valence electrons. The van der Waals surface area contributed by atoms with Crippen molar-refractivity contribution in [3.05, 3.63) is 88.9 Å². The zero-order valence-electron chi connectivity index (χ0n) is 18.0. The molecular weight excluding hydrogens is 438 g/mol. The Morgan fingerprint density at radius 2 is 1.94 bits per heavy atom. The van der Waals surface area contributed by atoms with Gasteiger partial charge in [0, 0.05) is 40.9 Å². The molecular formula is C24H23N5OS2. The smallest absolute Gasteiger partial charge is 0.193 e. The second-order valence-corrected chi connectivity index (χ2v) is 8.93. The second kappa shape index (κ2) is 8.37. The van der Waals surface area contributed by atoms with E-state index < -0.39 is 0 Å². The van der Waals surface area contributed by atoms with Crippen LogP contribution in [0.15, 0.2) is 66.3 Å². The fourth-order valence-corrected chi connectivity index (χ4v) is 5.51. The van der Waals surface area contributed by atoms with E-state index in [1.807, 2.05) is 54.2 Å². The number of anilines is 1. The van der Waals surface area contributed by atoms with Crippen molar-refractivity contribution in [1.82, 2.24) is 19.9 Å². The third-order valence-electron chi connectivity index (χ3n) is 5.83. The van der Waals surface area contributed by atoms with Crippen LogP contribution in [0.5, 0.6) is 5.75 Å². The molecule has 0 aliphatic carbocycles. The van der Waals surface area contributed by atoms with Crippen molar-refractivity contribution < 1.29 is 4.74 Å². The van der Waals surface area contributed by atoms with E-state index in [9.17, 15) is 0 Å². The summed E-state index contributed by atoms with van der Waals surface area (Å²) in [4.78, 5) is 11.4. The van der Waals surface area contributed by atoms with Gasteiger partial charge < -0.3 is 15.0 Å². The molecule has 3 aromatic heterocycles. The number of aromatic nitrogens is 3. The van der Waals surface area contributed by atoms with Gasteiger partial charge in [0.1, 0.15) is 5.75 Å². The number of rotatable bonds is 5. The highest BCUT2D eigenvalue weighted by atomic mass is 32.1. The van der Waals surface area contributed by atoms with Gasteiger partial charge in [0.2, 0.25) is 0 Å². The van der Waals surface area contributed by atoms with E-state index in [-0.39, 0.29) is 12.1 Å². The SMILES string of the molecule is COc1cccc(N2C(=S)N[C@@H](c3ccccn3)[C@@H]2c2cc(C)n(-c3nccs3)c2C)c1. The summed E-state index contributed by atoms with van der Waals surface area (Å²) >= 11 is 7.48. The van der Waals surface area contributed by atoms with E-state index in [0.29, 0.717) is 5.11 Å². The molecule has 2 atom stereocenters. The Labute approximate surface area is 196 Å². The lowest BCUT2D eigenvalue weighted by Crippen LogP contribution is -2.29. The number of hydrogen-bond acceptors (Lipinski definition) is 5. The third kappa shape index (κ3) is 3.45. The van der Waals surface area contributed by atoms with Crippen LogP contribution in [0.25, 0.3) is 5.13 Å². The molecule has 1 N–H and O–H groups in total. The fourth-order valence-electron chi connectivity index (χ4n) is 4.42. The molecule has 4 aromatic rings. The van der Waals surface area contributed by atoms with Gasteiger partial charge in [-0.05, 0) is 62.0 Å². The molecule has 0 radical (unpaired) electrons. The van der Waals surface area contributed by atoms with E-state index in [2.05, 4.69) is 50.7 Å². The summed E-state index contributed by atoms with van der Waals surface area (Å²) in [6.45, 7) is 4.26. The van der Waals surface area contributed by atoms with Crippen molar-refractivity contribution in [1.29, 1.82) is 0 Å². The normalized spacial score (nSPS) is 18.1. The quantitative estimate of drug-likeness (QED) is 0.416. The topological polar surface area (TPSA) is 55.2 Å². The molecule has 0 bridgehead atoms. The maximum Gasteiger partial charge on any atom is 0.193 e. The van der Waals surface area contributed by atoms with Crippen molar-refractivity contribution in [2.45, 2.75) is 25.9 Å². The van der Waals surface area contributed by atoms with Gasteiger partial charge in [0.15, 0.2) is 10.2 Å². The highest BCUT2D eigenvalue weighted by molar-refractivity contribution is 7.80. The first-order chi connectivity index (χ1) is 15.6. The Morgan fingerprint density at radius 3 is 2.66 bits per heavy atom. The predicted octanol–water partition coefficient (Wildman–Crippen LogP) is 5.13. The number of thiazole rings is 1. The van der Waals surface area contributed by atoms with Crippen LogP contribution in [-0.4, -0.2) is 26.8 Å². The number of benzene rings is 1. The van der Waals surface area contributed by atoms with E-state index in [4.69, 9.17) is 17.0 Å². The van der Waals surface area contributed by atoms with Gasteiger partial charge in [-0.15, -0.1) is 11.3 Å². The van der Waals surface area contributed by atoms with Crippen molar-refractivity contribution in [2.24, 2.45) is 0 Å². The van der Waals surface area contributed by atoms with Gasteiger partial charge in [0.25, 0.3) is 0 Å². The molecule has 0 amide bonds. The standard InChI is InChI=1S/C24H23N5OS2/c1-15-13-19(16(2)28(15)24-26-11-12-32-24)22-21(20-9-4-5-10-25-20)27-23(31)29(22)17-7-6-8-18(14-17)30-3/h4-14,21-22H,1-3H3,(H,27,31)/t21-,22-/m0/s1. The lowest BCUT2D eigenvalue weighted by molar-refractivity contribution is 0.415. The zero-order valence-corrected chi connectivity index (χ0v) is 19.7. The van der Waals surface area contributed by atoms with Crippen LogP contribution in [-0.2, 0) is 0 Å². The largest absolute Gasteiger partial charge is 0.497 e. The van der Waals surface area contributed by atoms with Crippen LogP contribution in [0, 0.1) is 13.8 Å². The van der Waals surface area contributed by atoms with Crippen molar-refractivity contribution >= 4 is 34.4 Å². The van der Waals surface area contributed by atoms with Crippen molar-refractivity contribution in [3.8, 4) is 10.9 Å². The summed E-state index contributed by atoms with van der Waals surface area (Å²) in [5.74, 6) is 0.790. The minimum Gasteiger partial charge on any atom is -0.497 e. The second-order valence-electron chi connectivity index (χ2n) is 7.67. The first-order valence-corrected chi connectivity index (χ1v) is 11.6. The predicted molar refractivity (Wildman–Crippen MR) is 132 cm³/mol. The molecule has 0 spiro atoms. The van der Waals surface area contributed by atoms with Crippen molar-refractivity contribution in [3.63, 3.8) is 0 Å². The van der Waals surface area contributed by atoms with Gasteiger partial charge in [-0.2, -0.15) is 0 Å². The molecule has 6 nitrogen and oxygen atoms in total. The first kappa shape index (κ1) is 20.7. The lowest BCUT2D eigenvalue weighted by atomic mass is 9.96. The highest BCUT2D eigenvalue weighted by Crippen LogP contribution is 2.44. The minimum atomic E-state index is -0.0971. The number of thiocarbonyl (C=S) groups is 1. The molecule has 32 heavy (non-hydrogen) atoms. The summed E-state index contributed by atoms with van der Waals surface area (Å²) in [6, 6.07) is 16.0. The zero-order chi connectivity index (χ0) is 22.2. The molecule has 0 unspecified atom stereocenters. The van der Waals surface area contributed by atoms with E-state index >= 15 is 0 Å². The Balaban J connectivity index is 1.68. The number of nitrogens with zero attached hydrogens (tertiary/aromatic N) is 4. The highest BCUT2D eigenvalue weighted by Gasteiger charge is 2.42. The summed E-state index contributed by atoms with van der Waals surface area (Å²) < 4.78 is 7.69. The van der Waals surface area contributed by atoms with Gasteiger partial charge in [-0.3, -0.25) is 9.55 Å². The molecule has 0 saturated carbocycles. The molecule has 1 saturated heterocycles. The van der Waals surface area contributed by atoms with Gasteiger partial charge in [-0.25, -0.2) is 4.98 Å². The maximum atomic E-state index is 5.85. The van der Waals surface area contributed by atoms with Crippen molar-refractivity contribution in [2.75, 3.05) is 12.0 Å². The van der Waals surface area contributed by atoms with Crippen LogP contribution in [0.2, 0.25) is 0 Å². The summed E-state index contributed by atoms with van der Waals surface area (Å²) in [7, 11) is 1.68. The van der Waals surface area contributed by atoms with E-state index in [1.54, 1.807) is 18.4 Å². The fraction of sp³-hybridized carbons (Fsp3) is 0.208. The summed E-state index contributed by atoms with van der Waals surface area (Å²) in [6.07, 6.45) is 3.66. The molecule has 1 aliphatic heterocycles. The Hall–Kier alpha value is -3.23. The minimum absolute atomic E-state index is 0.0792. The lowest BCUT2D eigenvalue weighted by Gasteiger charge is -2.28. The van der Waals surface area contributed by atoms with E-state index in [1.165, 1.54) is 5.56 Å². The summed E-state index contributed by atoms with van der Waals surface area (Å²) in [5.41, 5.74) is 5.38. The van der Waals surface area contributed by atoms with Crippen LogP contribution in [0.3, 0.4) is 0 Å². The Morgan fingerprint density at radius 1 is 1.06 bits per heavy atom. The number of ether oxygens (including phenoxy) is 1. The van der Waals surface area contributed by atoms with Gasteiger partial charge in [0.05, 0.1) is 24.9 Å². The van der Waals surface area contributed by atoms with Crippen LogP contribution >= 0.6 is 23.6 Å². The number of methoxy groups -OCH3 is 1. The maximum absolute atomic E-state index is 5.85. The monoisotopic (exact) mass is 461 g/mol. The van der Waals surface area contributed by atoms with Crippen LogP contribution in [0.1, 0.15) is 34.7 Å². The van der Waals surface area contributed by atoms with Gasteiger partial charge in [-0.1, -0.05) is 12.1 Å². The van der Waals surface area contributed by atoms with Gasteiger partial charge >= 0.3 is 0 Å². The van der Waals surface area contributed by atoms with E-state index in [0.717, 1.165) is 33.7 Å². The molecule has 1 aliphatic rings. The number of pyridine rings is 1. The Kier molecular flexibility index (Phi) is 5.40. The molecule has 4 heterocycles. The molecule has 1 fully saturated rings. The average Bonchev–Trinajstić information content (AvgIpc) is 3.52. The number of nitrogens with one attached hydrogen (secondary N) is 1. The number of hydrogen-bond donors (Lipinski definition) is 1. The molecule has 8 heteroatoms. The molecule has 1 aromatic carbocycles. The van der Waals surface area contributed by atoms with Crippen LogP contribution in [0.4, 0.5) is 5.69 Å². The summed E-state index contributed by atoms with van der Waals surface area (Å²) in [5, 5.41) is 7.15. The molecule has 5 rings (SSSR count). The van der Waals surface area contributed by atoms with Crippen LogP contribution < -0.4 is 15.0 Å². The number of aryl methyl sites for hydroxylation is 1. The average molecular weight is 462 g/mol. The first-order valence-electron chi connectivity index (χ1n) is 10.3.